The van der Waals surface area contributed by atoms with Gasteiger partial charge in [-0.1, -0.05) is 18.2 Å². The van der Waals surface area contributed by atoms with Crippen LogP contribution in [0.2, 0.25) is 0 Å². The Hall–Kier alpha value is -2.54. The number of carbonyl (C=O) groups excluding carboxylic acids is 1. The number of benzene rings is 2. The third-order valence-electron chi connectivity index (χ3n) is 4.57. The van der Waals surface area contributed by atoms with E-state index in [1.54, 1.807) is 6.20 Å². The largest absolute Gasteiger partial charge is 0.378 e. The van der Waals surface area contributed by atoms with Gasteiger partial charge in [-0.05, 0) is 36.4 Å². The molecule has 2 N–H and O–H groups in total. The number of halogens is 2. The maximum absolute atomic E-state index is 12.2. The van der Waals surface area contributed by atoms with Crippen LogP contribution in [-0.2, 0) is 4.74 Å². The molecular formula is C20H22Cl2N4O2. The number of rotatable bonds is 3. The molecule has 0 unspecified atom stereocenters. The lowest BCUT2D eigenvalue weighted by Gasteiger charge is -2.29. The van der Waals surface area contributed by atoms with Gasteiger partial charge in [-0.3, -0.25) is 9.88 Å². The van der Waals surface area contributed by atoms with Gasteiger partial charge in [0.15, 0.2) is 0 Å². The number of nitrogens with two attached hydrogens (primary N) is 1. The Balaban J connectivity index is 0.00000140. The van der Waals surface area contributed by atoms with Crippen LogP contribution in [0, 0.1) is 0 Å². The van der Waals surface area contributed by atoms with Gasteiger partial charge in [0.25, 0.3) is 0 Å². The number of fused-ring (bicyclic) bond motifs is 1. The van der Waals surface area contributed by atoms with Crippen LogP contribution in [0.3, 0.4) is 0 Å². The van der Waals surface area contributed by atoms with Crippen LogP contribution in [-0.4, -0.2) is 37.3 Å². The number of hydrogen-bond acceptors (Lipinski definition) is 4. The molecule has 4 rings (SSSR count). The molecule has 0 bridgehead atoms. The molecule has 1 aliphatic rings. The number of para-hydroxylation sites is 1. The Morgan fingerprint density at radius 3 is 2.36 bits per heavy atom. The summed E-state index contributed by atoms with van der Waals surface area (Å²) in [6, 6.07) is 16.9. The number of carbonyl (C=O) groups is 1. The number of anilines is 3. The SMILES string of the molecule is Cl.Cl.NC(=O)N(c1ccc(N2CCOCC2)cc1)c1ccnc2ccccc12. The smallest absolute Gasteiger partial charge is 0.323 e. The fourth-order valence-electron chi connectivity index (χ4n) is 3.29. The topological polar surface area (TPSA) is 71.7 Å². The zero-order valence-electron chi connectivity index (χ0n) is 15.2. The lowest BCUT2D eigenvalue weighted by molar-refractivity contribution is 0.122. The van der Waals surface area contributed by atoms with Crippen LogP contribution in [0.25, 0.3) is 10.9 Å². The molecule has 2 aromatic carbocycles. The Kier molecular flexibility index (Phi) is 7.45. The molecule has 0 radical (unpaired) electrons. The second-order valence-corrected chi connectivity index (χ2v) is 6.14. The van der Waals surface area contributed by atoms with Crippen molar-refractivity contribution in [2.45, 2.75) is 0 Å². The van der Waals surface area contributed by atoms with Gasteiger partial charge in [0.1, 0.15) is 0 Å². The molecule has 3 aromatic rings. The molecule has 1 saturated heterocycles. The Morgan fingerprint density at radius 2 is 1.68 bits per heavy atom. The molecule has 0 aliphatic carbocycles. The second kappa shape index (κ2) is 9.59. The Labute approximate surface area is 176 Å². The molecule has 0 saturated carbocycles. The average molecular weight is 421 g/mol. The summed E-state index contributed by atoms with van der Waals surface area (Å²) >= 11 is 0. The fraction of sp³-hybridized carbons (Fsp3) is 0.200. The van der Waals surface area contributed by atoms with Gasteiger partial charge in [-0.15, -0.1) is 24.8 Å². The monoisotopic (exact) mass is 420 g/mol. The summed E-state index contributed by atoms with van der Waals surface area (Å²) < 4.78 is 5.40. The van der Waals surface area contributed by atoms with Crippen molar-refractivity contribution in [3.63, 3.8) is 0 Å². The quantitative estimate of drug-likeness (QED) is 0.690. The van der Waals surface area contributed by atoms with Crippen molar-refractivity contribution < 1.29 is 9.53 Å². The molecule has 28 heavy (non-hydrogen) atoms. The van der Waals surface area contributed by atoms with Crippen molar-refractivity contribution in [2.24, 2.45) is 5.73 Å². The minimum absolute atomic E-state index is 0. The van der Waals surface area contributed by atoms with Crippen molar-refractivity contribution in [3.05, 3.63) is 60.8 Å². The summed E-state index contributed by atoms with van der Waals surface area (Å²) in [6.45, 7) is 3.21. The average Bonchev–Trinajstić information content (AvgIpc) is 2.69. The summed E-state index contributed by atoms with van der Waals surface area (Å²) in [5, 5.41) is 0.881. The van der Waals surface area contributed by atoms with Crippen molar-refractivity contribution in [2.75, 3.05) is 36.1 Å². The molecule has 8 heteroatoms. The Morgan fingerprint density at radius 1 is 1.00 bits per heavy atom. The summed E-state index contributed by atoms with van der Waals surface area (Å²) in [5.41, 5.74) is 9.10. The van der Waals surface area contributed by atoms with Crippen LogP contribution in [0.4, 0.5) is 21.9 Å². The predicted molar refractivity (Wildman–Crippen MR) is 117 cm³/mol. The highest BCUT2D eigenvalue weighted by Gasteiger charge is 2.18. The van der Waals surface area contributed by atoms with Gasteiger partial charge < -0.3 is 15.4 Å². The van der Waals surface area contributed by atoms with Crippen molar-refractivity contribution in [1.82, 2.24) is 4.98 Å². The van der Waals surface area contributed by atoms with Gasteiger partial charge in [-0.25, -0.2) is 4.79 Å². The lowest BCUT2D eigenvalue weighted by Crippen LogP contribution is -2.36. The number of amides is 2. The summed E-state index contributed by atoms with van der Waals surface area (Å²) in [6.07, 6.45) is 1.69. The minimum Gasteiger partial charge on any atom is -0.378 e. The van der Waals surface area contributed by atoms with E-state index in [9.17, 15) is 4.79 Å². The maximum Gasteiger partial charge on any atom is 0.323 e. The maximum atomic E-state index is 12.2. The molecule has 1 aromatic heterocycles. The first-order chi connectivity index (χ1) is 12.7. The summed E-state index contributed by atoms with van der Waals surface area (Å²) in [7, 11) is 0. The van der Waals surface area contributed by atoms with Gasteiger partial charge in [0.05, 0.1) is 30.1 Å². The highest BCUT2D eigenvalue weighted by atomic mass is 35.5. The predicted octanol–water partition coefficient (Wildman–Crippen LogP) is 4.13. The van der Waals surface area contributed by atoms with Gasteiger partial charge in [-0.2, -0.15) is 0 Å². The molecule has 148 valence electrons. The van der Waals surface area contributed by atoms with E-state index < -0.39 is 6.03 Å². The van der Waals surface area contributed by atoms with Crippen molar-refractivity contribution >= 4 is 58.8 Å². The van der Waals surface area contributed by atoms with Gasteiger partial charge >= 0.3 is 6.03 Å². The first kappa shape index (κ1) is 21.8. The minimum atomic E-state index is -0.527. The van der Waals surface area contributed by atoms with E-state index in [0.717, 1.165) is 54.3 Å². The molecule has 6 nitrogen and oxygen atoms in total. The third kappa shape index (κ3) is 4.30. The second-order valence-electron chi connectivity index (χ2n) is 6.14. The normalized spacial score (nSPS) is 13.4. The van der Waals surface area contributed by atoms with E-state index >= 15 is 0 Å². The summed E-state index contributed by atoms with van der Waals surface area (Å²) in [4.78, 5) is 20.4. The Bertz CT molecular complexity index is 926. The molecule has 2 amide bonds. The number of hydrogen-bond donors (Lipinski definition) is 1. The van der Waals surface area contributed by atoms with E-state index in [0.29, 0.717) is 0 Å². The third-order valence-corrected chi connectivity index (χ3v) is 4.57. The highest BCUT2D eigenvalue weighted by molar-refractivity contribution is 6.06. The van der Waals surface area contributed by atoms with Crippen molar-refractivity contribution in [3.8, 4) is 0 Å². The van der Waals surface area contributed by atoms with Crippen LogP contribution < -0.4 is 15.5 Å². The number of ether oxygens (including phenoxy) is 1. The summed E-state index contributed by atoms with van der Waals surface area (Å²) in [5.74, 6) is 0. The number of aromatic nitrogens is 1. The molecule has 1 aliphatic heterocycles. The van der Waals surface area contributed by atoms with E-state index in [-0.39, 0.29) is 24.8 Å². The molecule has 1 fully saturated rings. The standard InChI is InChI=1S/C20H20N4O2.2ClH/c21-20(25)24(19-9-10-22-18-4-2-1-3-17(18)19)16-7-5-15(6-8-16)23-11-13-26-14-12-23;;/h1-10H,11-14H2,(H2,21,25);2*1H. The molecule has 0 spiro atoms. The zero-order chi connectivity index (χ0) is 17.9. The number of urea groups is 1. The number of nitrogens with zero attached hydrogens (tertiary/aromatic N) is 3. The fourth-order valence-corrected chi connectivity index (χ4v) is 3.29. The number of pyridine rings is 1. The first-order valence-electron chi connectivity index (χ1n) is 8.60. The number of primary amides is 1. The van der Waals surface area contributed by atoms with E-state index in [4.69, 9.17) is 10.5 Å². The van der Waals surface area contributed by atoms with Gasteiger partial charge in [0, 0.05) is 30.4 Å². The van der Waals surface area contributed by atoms with E-state index in [1.165, 1.54) is 4.90 Å². The van der Waals surface area contributed by atoms with Crippen LogP contribution in [0.1, 0.15) is 0 Å². The first-order valence-corrected chi connectivity index (χ1v) is 8.60. The van der Waals surface area contributed by atoms with Crippen LogP contribution >= 0.6 is 24.8 Å². The number of morpholine rings is 1. The van der Waals surface area contributed by atoms with Gasteiger partial charge in [0.2, 0.25) is 0 Å². The van der Waals surface area contributed by atoms with E-state index in [2.05, 4.69) is 9.88 Å². The highest BCUT2D eigenvalue weighted by Crippen LogP contribution is 2.32. The lowest BCUT2D eigenvalue weighted by atomic mass is 10.1. The van der Waals surface area contributed by atoms with Crippen LogP contribution in [0.15, 0.2) is 60.8 Å². The van der Waals surface area contributed by atoms with Crippen molar-refractivity contribution in [1.29, 1.82) is 0 Å². The molecule has 0 atom stereocenters. The molecule has 2 heterocycles. The van der Waals surface area contributed by atoms with E-state index in [1.807, 2.05) is 54.6 Å². The van der Waals surface area contributed by atoms with Crippen LogP contribution in [0.5, 0.6) is 0 Å². The molecular weight excluding hydrogens is 399 g/mol. The zero-order valence-corrected chi connectivity index (χ0v) is 16.8.